The lowest BCUT2D eigenvalue weighted by Crippen LogP contribution is -2.46. The molecule has 2 aromatic rings. The molecule has 9 heteroatoms. The van der Waals surface area contributed by atoms with E-state index < -0.39 is 5.92 Å². The number of ether oxygens (including phenoxy) is 1. The summed E-state index contributed by atoms with van der Waals surface area (Å²) in [5, 5.41) is 0. The van der Waals surface area contributed by atoms with Crippen molar-refractivity contribution in [2.75, 3.05) is 52.9 Å². The van der Waals surface area contributed by atoms with Gasteiger partial charge in [0.1, 0.15) is 5.75 Å². The van der Waals surface area contributed by atoms with Crippen LogP contribution in [-0.4, -0.2) is 79.5 Å². The molecule has 1 spiro atoms. The summed E-state index contributed by atoms with van der Waals surface area (Å²) in [6, 6.07) is 18.9. The van der Waals surface area contributed by atoms with Crippen LogP contribution in [0.15, 0.2) is 54.6 Å². The fourth-order valence-electron chi connectivity index (χ4n) is 7.97. The molecule has 1 amide bonds. The number of benzene rings is 2. The van der Waals surface area contributed by atoms with Crippen molar-refractivity contribution in [2.45, 2.75) is 63.3 Å². The van der Waals surface area contributed by atoms with Crippen LogP contribution in [-0.2, 0) is 11.3 Å². The first-order chi connectivity index (χ1) is 19.8. The lowest BCUT2D eigenvalue weighted by atomic mass is 9.76. The summed E-state index contributed by atoms with van der Waals surface area (Å²) in [7, 11) is 1.67. The van der Waals surface area contributed by atoms with E-state index in [4.69, 9.17) is 4.74 Å². The van der Waals surface area contributed by atoms with Gasteiger partial charge in [-0.25, -0.2) is 8.78 Å². The predicted molar refractivity (Wildman–Crippen MR) is 172 cm³/mol. The van der Waals surface area contributed by atoms with Crippen LogP contribution in [0.2, 0.25) is 0 Å². The Morgan fingerprint density at radius 2 is 1.47 bits per heavy atom. The third-order valence-corrected chi connectivity index (χ3v) is 10.5. The summed E-state index contributed by atoms with van der Waals surface area (Å²) in [5.41, 5.74) is 2.34. The summed E-state index contributed by atoms with van der Waals surface area (Å²) >= 11 is 0. The van der Waals surface area contributed by atoms with Gasteiger partial charge in [-0.15, -0.1) is 24.8 Å². The molecule has 3 aliphatic heterocycles. The van der Waals surface area contributed by atoms with Crippen LogP contribution in [0, 0.1) is 17.3 Å². The topological polar surface area (TPSA) is 36.0 Å². The monoisotopic (exact) mass is 637 g/mol. The quantitative estimate of drug-likeness (QED) is 0.316. The molecule has 5 nitrogen and oxygen atoms in total. The smallest absolute Gasteiger partial charge is 0.248 e. The number of halogens is 4. The fourth-order valence-corrected chi connectivity index (χ4v) is 7.97. The SMILES string of the molecule is COc1ccc(CN2CCC3(CCN(CC4CN(CC5CCC(F)(F)CC5)CC4c4ccccc4)CC3)C2=O)cc1.Cl.Cl. The number of rotatable bonds is 8. The van der Waals surface area contributed by atoms with E-state index in [-0.39, 0.29) is 43.1 Å². The molecule has 0 radical (unpaired) electrons. The zero-order valence-electron chi connectivity index (χ0n) is 25.3. The fraction of sp³-hybridized carbons (Fsp3) is 0.618. The van der Waals surface area contributed by atoms with Crippen LogP contribution < -0.4 is 4.74 Å². The Morgan fingerprint density at radius 3 is 2.12 bits per heavy atom. The van der Waals surface area contributed by atoms with Gasteiger partial charge in [0.05, 0.1) is 12.5 Å². The maximum Gasteiger partial charge on any atom is 0.248 e. The van der Waals surface area contributed by atoms with Crippen LogP contribution in [0.1, 0.15) is 62.0 Å². The number of carbonyl (C=O) groups is 1. The summed E-state index contributed by atoms with van der Waals surface area (Å²) in [6.45, 7) is 7.47. The molecule has 0 N–H and O–H groups in total. The van der Waals surface area contributed by atoms with Gasteiger partial charge in [-0.3, -0.25) is 4.79 Å². The minimum atomic E-state index is -2.46. The molecule has 4 aliphatic rings. The maximum absolute atomic E-state index is 13.7. The van der Waals surface area contributed by atoms with Gasteiger partial charge in [0.2, 0.25) is 11.8 Å². The zero-order chi connectivity index (χ0) is 28.5. The average Bonchev–Trinajstić information content (AvgIpc) is 3.52. The Hall–Kier alpha value is -1.93. The minimum absolute atomic E-state index is 0. The van der Waals surface area contributed by atoms with E-state index in [0.29, 0.717) is 43.0 Å². The van der Waals surface area contributed by atoms with Crippen molar-refractivity contribution in [3.05, 3.63) is 65.7 Å². The lowest BCUT2D eigenvalue weighted by Gasteiger charge is -2.39. The van der Waals surface area contributed by atoms with Gasteiger partial charge in [0.25, 0.3) is 0 Å². The van der Waals surface area contributed by atoms with Gasteiger partial charge in [-0.1, -0.05) is 42.5 Å². The minimum Gasteiger partial charge on any atom is -0.497 e. The molecule has 2 atom stereocenters. The summed E-state index contributed by atoms with van der Waals surface area (Å²) < 4.78 is 32.7. The normalized spacial score (nSPS) is 25.8. The summed E-state index contributed by atoms with van der Waals surface area (Å²) in [6.07, 6.45) is 4.21. The second-order valence-corrected chi connectivity index (χ2v) is 13.2. The van der Waals surface area contributed by atoms with E-state index in [1.807, 2.05) is 12.1 Å². The molecule has 238 valence electrons. The van der Waals surface area contributed by atoms with Crippen molar-refractivity contribution in [3.63, 3.8) is 0 Å². The van der Waals surface area contributed by atoms with Gasteiger partial charge in [-0.2, -0.15) is 0 Å². The molecule has 4 fully saturated rings. The Labute approximate surface area is 268 Å². The number of piperidine rings is 1. The highest BCUT2D eigenvalue weighted by Crippen LogP contribution is 2.43. The van der Waals surface area contributed by atoms with Gasteiger partial charge >= 0.3 is 0 Å². The van der Waals surface area contributed by atoms with Gasteiger partial charge in [0, 0.05) is 58.0 Å². The zero-order valence-corrected chi connectivity index (χ0v) is 26.9. The summed E-state index contributed by atoms with van der Waals surface area (Å²) in [5.74, 6) is 0.0703. The molecule has 0 aromatic heterocycles. The van der Waals surface area contributed by atoms with Crippen molar-refractivity contribution < 1.29 is 18.3 Å². The van der Waals surface area contributed by atoms with E-state index in [1.165, 1.54) is 5.56 Å². The molecule has 2 unspecified atom stereocenters. The number of amides is 1. The van der Waals surface area contributed by atoms with Crippen LogP contribution in [0.5, 0.6) is 5.75 Å². The van der Waals surface area contributed by atoms with Crippen molar-refractivity contribution >= 4 is 30.7 Å². The number of nitrogens with zero attached hydrogens (tertiary/aromatic N) is 3. The van der Waals surface area contributed by atoms with Gasteiger partial charge < -0.3 is 19.4 Å². The number of carbonyl (C=O) groups excluding carboxylic acids is 1. The van der Waals surface area contributed by atoms with E-state index in [1.54, 1.807) is 7.11 Å². The van der Waals surface area contributed by atoms with Crippen molar-refractivity contribution in [1.29, 1.82) is 0 Å². The van der Waals surface area contributed by atoms with Crippen molar-refractivity contribution in [1.82, 2.24) is 14.7 Å². The van der Waals surface area contributed by atoms with Gasteiger partial charge in [0.15, 0.2) is 0 Å². The molecular weight excluding hydrogens is 591 g/mol. The van der Waals surface area contributed by atoms with E-state index in [2.05, 4.69) is 57.2 Å². The van der Waals surface area contributed by atoms with E-state index in [0.717, 1.165) is 76.4 Å². The van der Waals surface area contributed by atoms with Crippen LogP contribution in [0.25, 0.3) is 0 Å². The number of likely N-dealkylation sites (tertiary alicyclic amines) is 3. The average molecular weight is 639 g/mol. The molecule has 1 saturated carbocycles. The summed E-state index contributed by atoms with van der Waals surface area (Å²) in [4.78, 5) is 20.8. The number of hydrogen-bond acceptors (Lipinski definition) is 4. The van der Waals surface area contributed by atoms with Crippen molar-refractivity contribution in [3.8, 4) is 5.75 Å². The molecule has 3 heterocycles. The standard InChI is InChI=1S/C34H45F2N3O2.2ClH/c1-41-30-9-7-26(8-10-30)22-39-20-17-33(32(39)40)15-18-37(19-16-33)23-29-24-38(21-27-11-13-34(35,36)14-12-27)25-31(29)28-5-3-2-4-6-28;;/h2-10,27,29,31H,11-25H2,1H3;2*1H. The second kappa shape index (κ2) is 14.4. The van der Waals surface area contributed by atoms with Crippen LogP contribution >= 0.6 is 24.8 Å². The molecule has 0 bridgehead atoms. The molecule has 2 aromatic carbocycles. The van der Waals surface area contributed by atoms with Crippen molar-refractivity contribution in [2.24, 2.45) is 17.3 Å². The molecule has 3 saturated heterocycles. The first-order valence-corrected chi connectivity index (χ1v) is 15.6. The highest BCUT2D eigenvalue weighted by molar-refractivity contribution is 5.86. The predicted octanol–water partition coefficient (Wildman–Crippen LogP) is 6.89. The molecule has 1 aliphatic carbocycles. The Balaban J connectivity index is 0.00000212. The Kier molecular flexibility index (Phi) is 11.4. The third kappa shape index (κ3) is 7.84. The number of methoxy groups -OCH3 is 1. The number of hydrogen-bond donors (Lipinski definition) is 0. The second-order valence-electron chi connectivity index (χ2n) is 13.2. The molecule has 43 heavy (non-hydrogen) atoms. The first-order valence-electron chi connectivity index (χ1n) is 15.6. The first kappa shape index (κ1) is 34.0. The maximum atomic E-state index is 13.7. The largest absolute Gasteiger partial charge is 0.497 e. The lowest BCUT2D eigenvalue weighted by molar-refractivity contribution is -0.139. The van der Waals surface area contributed by atoms with Crippen LogP contribution in [0.3, 0.4) is 0 Å². The van der Waals surface area contributed by atoms with E-state index in [9.17, 15) is 13.6 Å². The highest BCUT2D eigenvalue weighted by Gasteiger charge is 2.48. The van der Waals surface area contributed by atoms with E-state index >= 15 is 0 Å². The third-order valence-electron chi connectivity index (χ3n) is 10.5. The molecule has 6 rings (SSSR count). The number of alkyl halides is 2. The van der Waals surface area contributed by atoms with Crippen LogP contribution in [0.4, 0.5) is 8.78 Å². The molecular formula is C34H47Cl2F2N3O2. The highest BCUT2D eigenvalue weighted by atomic mass is 35.5. The Bertz CT molecular complexity index is 1170. The van der Waals surface area contributed by atoms with Gasteiger partial charge in [-0.05, 0) is 80.3 Å². The Morgan fingerprint density at radius 1 is 0.814 bits per heavy atom.